The molecule has 0 N–H and O–H groups in total. The van der Waals surface area contributed by atoms with Gasteiger partial charge in [-0.25, -0.2) is 0 Å². The molecular formula is C16H18N2O2. The molecule has 0 spiro atoms. The monoisotopic (exact) mass is 270 g/mol. The lowest BCUT2D eigenvalue weighted by Crippen LogP contribution is -2.00. The van der Waals surface area contributed by atoms with Crippen LogP contribution >= 0.6 is 0 Å². The summed E-state index contributed by atoms with van der Waals surface area (Å²) in [4.78, 5) is 12.0. The lowest BCUT2D eigenvalue weighted by Gasteiger charge is -2.02. The van der Waals surface area contributed by atoms with Crippen molar-refractivity contribution in [3.63, 3.8) is 0 Å². The van der Waals surface area contributed by atoms with Crippen LogP contribution in [0, 0.1) is 0 Å². The molecule has 0 amide bonds. The Hall–Kier alpha value is -2.36. The number of rotatable bonds is 5. The number of methoxy groups -OCH3 is 1. The predicted molar refractivity (Wildman–Crippen MR) is 79.0 cm³/mol. The highest BCUT2D eigenvalue weighted by Gasteiger charge is 2.07. The van der Waals surface area contributed by atoms with Gasteiger partial charge < -0.3 is 4.74 Å². The number of ether oxygens (including phenoxy) is 1. The Kier molecular flexibility index (Phi) is 4.35. The standard InChI is InChI=1S/C16H18N2O2/c1-12(2)18-11-14(10-17-18)16(19)8-7-13-5-4-6-15(9-13)20-3/h4-12H,1-3H3/b8-7-. The smallest absolute Gasteiger partial charge is 0.189 e. The van der Waals surface area contributed by atoms with Crippen molar-refractivity contribution >= 4 is 11.9 Å². The highest BCUT2D eigenvalue weighted by molar-refractivity contribution is 6.06. The first kappa shape index (κ1) is 14.1. The lowest BCUT2D eigenvalue weighted by atomic mass is 10.1. The molecule has 1 heterocycles. The van der Waals surface area contributed by atoms with Crippen molar-refractivity contribution in [2.75, 3.05) is 7.11 Å². The zero-order valence-electron chi connectivity index (χ0n) is 11.9. The van der Waals surface area contributed by atoms with E-state index in [2.05, 4.69) is 5.10 Å². The van der Waals surface area contributed by atoms with Gasteiger partial charge in [-0.05, 0) is 37.6 Å². The highest BCUT2D eigenvalue weighted by Crippen LogP contribution is 2.14. The zero-order chi connectivity index (χ0) is 14.5. The number of benzene rings is 1. The first-order valence-corrected chi connectivity index (χ1v) is 6.51. The van der Waals surface area contributed by atoms with E-state index >= 15 is 0 Å². The third-order valence-electron chi connectivity index (χ3n) is 2.94. The van der Waals surface area contributed by atoms with E-state index in [9.17, 15) is 4.79 Å². The van der Waals surface area contributed by atoms with Crippen LogP contribution in [0.5, 0.6) is 5.75 Å². The molecule has 0 aliphatic carbocycles. The van der Waals surface area contributed by atoms with E-state index in [0.717, 1.165) is 11.3 Å². The second kappa shape index (κ2) is 6.19. The Morgan fingerprint density at radius 2 is 2.20 bits per heavy atom. The fourth-order valence-corrected chi connectivity index (χ4v) is 1.76. The van der Waals surface area contributed by atoms with E-state index in [1.807, 2.05) is 38.1 Å². The minimum Gasteiger partial charge on any atom is -0.497 e. The van der Waals surface area contributed by atoms with Gasteiger partial charge in [0.05, 0.1) is 18.9 Å². The molecule has 20 heavy (non-hydrogen) atoms. The number of carbonyl (C=O) groups is 1. The fraction of sp³-hybridized carbons (Fsp3) is 0.250. The quantitative estimate of drug-likeness (QED) is 0.618. The van der Waals surface area contributed by atoms with E-state index in [0.29, 0.717) is 5.56 Å². The van der Waals surface area contributed by atoms with Gasteiger partial charge in [0.15, 0.2) is 5.78 Å². The van der Waals surface area contributed by atoms with Crippen molar-refractivity contribution < 1.29 is 9.53 Å². The SMILES string of the molecule is COc1cccc(/C=C\C(=O)c2cnn(C(C)C)c2)c1. The Labute approximate surface area is 118 Å². The summed E-state index contributed by atoms with van der Waals surface area (Å²) in [5.74, 6) is 0.715. The Morgan fingerprint density at radius 3 is 2.85 bits per heavy atom. The molecule has 2 aromatic rings. The molecule has 0 fully saturated rings. The number of aromatic nitrogens is 2. The van der Waals surface area contributed by atoms with Crippen LogP contribution in [0.2, 0.25) is 0 Å². The molecule has 0 aliphatic rings. The lowest BCUT2D eigenvalue weighted by molar-refractivity contribution is 0.104. The number of ketones is 1. The molecule has 4 heteroatoms. The molecule has 0 saturated carbocycles. The Balaban J connectivity index is 2.11. The largest absolute Gasteiger partial charge is 0.497 e. The Bertz CT molecular complexity index is 627. The van der Waals surface area contributed by atoms with E-state index < -0.39 is 0 Å². The van der Waals surface area contributed by atoms with Gasteiger partial charge >= 0.3 is 0 Å². The van der Waals surface area contributed by atoms with Crippen molar-refractivity contribution in [2.45, 2.75) is 19.9 Å². The Morgan fingerprint density at radius 1 is 1.40 bits per heavy atom. The zero-order valence-corrected chi connectivity index (χ0v) is 11.9. The molecular weight excluding hydrogens is 252 g/mol. The van der Waals surface area contributed by atoms with Gasteiger partial charge in [-0.3, -0.25) is 9.48 Å². The summed E-state index contributed by atoms with van der Waals surface area (Å²) in [6, 6.07) is 7.80. The summed E-state index contributed by atoms with van der Waals surface area (Å²) in [7, 11) is 1.62. The number of nitrogens with zero attached hydrogens (tertiary/aromatic N) is 2. The molecule has 104 valence electrons. The normalized spacial score (nSPS) is 11.2. The van der Waals surface area contributed by atoms with Crippen LogP contribution in [-0.4, -0.2) is 22.7 Å². The predicted octanol–water partition coefficient (Wildman–Crippen LogP) is 3.37. The van der Waals surface area contributed by atoms with Gasteiger partial charge in [0.2, 0.25) is 0 Å². The third-order valence-corrected chi connectivity index (χ3v) is 2.94. The molecule has 0 radical (unpaired) electrons. The molecule has 0 bridgehead atoms. The van der Waals surface area contributed by atoms with E-state index in [1.54, 1.807) is 36.3 Å². The van der Waals surface area contributed by atoms with Crippen LogP contribution in [-0.2, 0) is 0 Å². The maximum absolute atomic E-state index is 12.0. The second-order valence-electron chi connectivity index (χ2n) is 4.78. The van der Waals surface area contributed by atoms with Crippen LogP contribution in [0.4, 0.5) is 0 Å². The van der Waals surface area contributed by atoms with Crippen molar-refractivity contribution in [1.29, 1.82) is 0 Å². The van der Waals surface area contributed by atoms with Crippen LogP contribution < -0.4 is 4.74 Å². The molecule has 0 aliphatic heterocycles. The van der Waals surface area contributed by atoms with E-state index in [4.69, 9.17) is 4.74 Å². The highest BCUT2D eigenvalue weighted by atomic mass is 16.5. The molecule has 1 aromatic heterocycles. The summed E-state index contributed by atoms with van der Waals surface area (Å²) < 4.78 is 6.91. The van der Waals surface area contributed by atoms with Crippen molar-refractivity contribution in [3.05, 3.63) is 53.9 Å². The number of hydrogen-bond acceptors (Lipinski definition) is 3. The maximum atomic E-state index is 12.0. The number of allylic oxidation sites excluding steroid dienone is 1. The fourth-order valence-electron chi connectivity index (χ4n) is 1.76. The van der Waals surface area contributed by atoms with Gasteiger partial charge in [-0.1, -0.05) is 18.2 Å². The molecule has 0 atom stereocenters. The molecule has 2 rings (SSSR count). The molecule has 0 unspecified atom stereocenters. The first-order valence-electron chi connectivity index (χ1n) is 6.51. The second-order valence-corrected chi connectivity index (χ2v) is 4.78. The number of carbonyl (C=O) groups excluding carboxylic acids is 1. The average Bonchev–Trinajstić information content (AvgIpc) is 2.95. The van der Waals surface area contributed by atoms with Crippen LogP contribution in [0.15, 0.2) is 42.7 Å². The summed E-state index contributed by atoms with van der Waals surface area (Å²) >= 11 is 0. The maximum Gasteiger partial charge on any atom is 0.189 e. The van der Waals surface area contributed by atoms with Gasteiger partial charge in [0.25, 0.3) is 0 Å². The topological polar surface area (TPSA) is 44.1 Å². The minimum absolute atomic E-state index is 0.0558. The van der Waals surface area contributed by atoms with Crippen LogP contribution in [0.25, 0.3) is 6.08 Å². The molecule has 1 aromatic carbocycles. The first-order chi connectivity index (χ1) is 9.60. The van der Waals surface area contributed by atoms with E-state index in [1.165, 1.54) is 0 Å². The molecule has 4 nitrogen and oxygen atoms in total. The number of hydrogen-bond donors (Lipinski definition) is 0. The summed E-state index contributed by atoms with van der Waals surface area (Å²) in [6.45, 7) is 4.04. The van der Waals surface area contributed by atoms with E-state index in [-0.39, 0.29) is 11.8 Å². The molecule has 0 saturated heterocycles. The van der Waals surface area contributed by atoms with Crippen LogP contribution in [0.3, 0.4) is 0 Å². The summed E-state index contributed by atoms with van der Waals surface area (Å²) in [6.07, 6.45) is 6.69. The van der Waals surface area contributed by atoms with Gasteiger partial charge in [-0.2, -0.15) is 5.10 Å². The van der Waals surface area contributed by atoms with Crippen LogP contribution in [0.1, 0.15) is 35.8 Å². The average molecular weight is 270 g/mol. The minimum atomic E-state index is -0.0558. The van der Waals surface area contributed by atoms with Gasteiger partial charge in [-0.15, -0.1) is 0 Å². The summed E-state index contributed by atoms with van der Waals surface area (Å²) in [5.41, 5.74) is 1.52. The third kappa shape index (κ3) is 3.35. The van der Waals surface area contributed by atoms with Crippen molar-refractivity contribution in [2.24, 2.45) is 0 Å². The van der Waals surface area contributed by atoms with Crippen molar-refractivity contribution in [3.8, 4) is 5.75 Å². The summed E-state index contributed by atoms with van der Waals surface area (Å²) in [5, 5.41) is 4.16. The van der Waals surface area contributed by atoms with Gasteiger partial charge in [0.1, 0.15) is 5.75 Å². The van der Waals surface area contributed by atoms with Gasteiger partial charge in [0, 0.05) is 12.2 Å². The van der Waals surface area contributed by atoms with Crippen molar-refractivity contribution in [1.82, 2.24) is 9.78 Å².